The molecule has 0 bridgehead atoms. The van der Waals surface area contributed by atoms with E-state index in [4.69, 9.17) is 9.15 Å². The van der Waals surface area contributed by atoms with Crippen molar-refractivity contribution in [1.29, 1.82) is 0 Å². The summed E-state index contributed by atoms with van der Waals surface area (Å²) >= 11 is 0. The molecule has 0 atom stereocenters. The lowest BCUT2D eigenvalue weighted by Gasteiger charge is -2.26. The Kier molecular flexibility index (Phi) is 7.10. The summed E-state index contributed by atoms with van der Waals surface area (Å²) < 4.78 is 10.7. The molecule has 0 fully saturated rings. The molecule has 3 nitrogen and oxygen atoms in total. The first-order valence-electron chi connectivity index (χ1n) is 9.46. The van der Waals surface area contributed by atoms with Crippen LogP contribution >= 0.6 is 7.26 Å². The van der Waals surface area contributed by atoms with E-state index in [-0.39, 0.29) is 18.2 Å². The summed E-state index contributed by atoms with van der Waals surface area (Å²) in [5, 5.41) is 3.82. The minimum Gasteiger partial charge on any atom is -1.00 e. The van der Waals surface area contributed by atoms with Crippen molar-refractivity contribution in [2.24, 2.45) is 0 Å². The Morgan fingerprint density at radius 3 is 1.57 bits per heavy atom. The van der Waals surface area contributed by atoms with Crippen LogP contribution in [0.4, 0.5) is 0 Å². The van der Waals surface area contributed by atoms with Crippen molar-refractivity contribution in [3.8, 4) is 0 Å². The first kappa shape index (κ1) is 21.8. The van der Waals surface area contributed by atoms with Gasteiger partial charge in [-0.1, -0.05) is 54.6 Å². The Morgan fingerprint density at radius 2 is 1.17 bits per heavy atom. The first-order valence-corrected chi connectivity index (χ1v) is 11.4. The maximum Gasteiger partial charge on any atom is 0.373 e. The fourth-order valence-corrected chi connectivity index (χ4v) is 7.80. The number of furan rings is 1. The fraction of sp³-hybridized carbons (Fsp3) is 0.0800. The second-order valence-electron chi connectivity index (χ2n) is 6.73. The molecule has 5 heteroatoms. The van der Waals surface area contributed by atoms with Crippen LogP contribution in [0.1, 0.15) is 16.3 Å². The molecular formula is C25H22ClO3P. The number of carbonyl (C=O) groups excluding carboxylic acids is 1. The zero-order valence-electron chi connectivity index (χ0n) is 16.6. The molecule has 0 saturated carbocycles. The third-order valence-electron chi connectivity index (χ3n) is 5.03. The topological polar surface area (TPSA) is 39.4 Å². The van der Waals surface area contributed by atoms with Crippen LogP contribution in [0.25, 0.3) is 0 Å². The lowest BCUT2D eigenvalue weighted by Crippen LogP contribution is -3.00. The number of rotatable bonds is 6. The summed E-state index contributed by atoms with van der Waals surface area (Å²) in [5.74, 6) is 0.546. The van der Waals surface area contributed by atoms with Crippen LogP contribution in [-0.2, 0) is 10.9 Å². The minimum atomic E-state index is -2.05. The highest BCUT2D eigenvalue weighted by Gasteiger charge is 2.46. The fourth-order valence-electron chi connectivity index (χ4n) is 3.68. The summed E-state index contributed by atoms with van der Waals surface area (Å²) in [4.78, 5) is 11.9. The highest BCUT2D eigenvalue weighted by molar-refractivity contribution is 7.95. The van der Waals surface area contributed by atoms with E-state index < -0.39 is 13.2 Å². The predicted octanol–water partition coefficient (Wildman–Crippen LogP) is 1.56. The van der Waals surface area contributed by atoms with Crippen molar-refractivity contribution >= 4 is 29.1 Å². The number of esters is 1. The number of hydrogen-bond acceptors (Lipinski definition) is 3. The smallest absolute Gasteiger partial charge is 0.373 e. The van der Waals surface area contributed by atoms with Gasteiger partial charge in [0.1, 0.15) is 35.1 Å². The van der Waals surface area contributed by atoms with Crippen LogP contribution in [0.15, 0.2) is 108 Å². The predicted molar refractivity (Wildman–Crippen MR) is 119 cm³/mol. The van der Waals surface area contributed by atoms with Gasteiger partial charge in [-0.05, 0) is 48.5 Å². The van der Waals surface area contributed by atoms with Crippen molar-refractivity contribution < 1.29 is 26.4 Å². The summed E-state index contributed by atoms with van der Waals surface area (Å²) in [6.45, 7) is 0. The highest BCUT2D eigenvalue weighted by Crippen LogP contribution is 2.58. The highest BCUT2D eigenvalue weighted by atomic mass is 35.5. The molecule has 1 aromatic heterocycles. The van der Waals surface area contributed by atoms with Crippen molar-refractivity contribution in [2.45, 2.75) is 6.16 Å². The number of benzene rings is 3. The normalized spacial score (nSPS) is 10.8. The summed E-state index contributed by atoms with van der Waals surface area (Å²) in [5.41, 5.74) is 0. The molecular weight excluding hydrogens is 415 g/mol. The third kappa shape index (κ3) is 4.18. The van der Waals surface area contributed by atoms with Gasteiger partial charge in [0, 0.05) is 0 Å². The Hall–Kier alpha value is -2.87. The van der Waals surface area contributed by atoms with Gasteiger partial charge in [0.15, 0.2) is 0 Å². The first-order chi connectivity index (χ1) is 14.2. The number of hydrogen-bond donors (Lipinski definition) is 0. The molecule has 3 aromatic carbocycles. The van der Waals surface area contributed by atoms with Crippen molar-refractivity contribution in [3.05, 3.63) is 115 Å². The molecule has 0 N–H and O–H groups in total. The molecule has 0 aliphatic carbocycles. The largest absolute Gasteiger partial charge is 1.00 e. The van der Waals surface area contributed by atoms with Gasteiger partial charge in [-0.2, -0.15) is 0 Å². The zero-order chi connectivity index (χ0) is 20.1. The maximum absolute atomic E-state index is 11.9. The molecule has 0 aliphatic heterocycles. The monoisotopic (exact) mass is 436 g/mol. The molecule has 4 aromatic rings. The Labute approximate surface area is 183 Å². The van der Waals surface area contributed by atoms with E-state index in [0.29, 0.717) is 6.16 Å². The van der Waals surface area contributed by atoms with Crippen LogP contribution in [0.3, 0.4) is 0 Å². The van der Waals surface area contributed by atoms with Gasteiger partial charge >= 0.3 is 5.97 Å². The SMILES string of the molecule is COC(=O)c1ccc(C[P+](c2ccccc2)(c2ccccc2)c2ccccc2)o1.[Cl-]. The Morgan fingerprint density at radius 1 is 0.733 bits per heavy atom. The van der Waals surface area contributed by atoms with E-state index in [1.165, 1.54) is 23.0 Å². The van der Waals surface area contributed by atoms with Gasteiger partial charge in [0.05, 0.1) is 7.11 Å². The van der Waals surface area contributed by atoms with E-state index in [1.54, 1.807) is 6.07 Å². The Balaban J connectivity index is 0.00000256. The molecule has 1 heterocycles. The van der Waals surface area contributed by atoms with Crippen LogP contribution < -0.4 is 28.3 Å². The Bertz CT molecular complexity index is 982. The molecule has 0 aliphatic rings. The van der Waals surface area contributed by atoms with Crippen molar-refractivity contribution in [1.82, 2.24) is 0 Å². The second-order valence-corrected chi connectivity index (χ2v) is 10.2. The molecule has 0 amide bonds. The summed E-state index contributed by atoms with van der Waals surface area (Å²) in [6.07, 6.45) is 0.683. The average Bonchev–Trinajstić information content (AvgIpc) is 3.27. The van der Waals surface area contributed by atoms with Crippen LogP contribution in [0.5, 0.6) is 0 Å². The van der Waals surface area contributed by atoms with E-state index in [0.717, 1.165) is 5.76 Å². The minimum absolute atomic E-state index is 0. The second kappa shape index (κ2) is 9.75. The van der Waals surface area contributed by atoms with E-state index in [9.17, 15) is 4.79 Å². The van der Waals surface area contributed by atoms with Gasteiger partial charge < -0.3 is 21.6 Å². The number of halogens is 1. The quantitative estimate of drug-likeness (QED) is 0.340. The van der Waals surface area contributed by atoms with E-state index in [1.807, 2.05) is 24.3 Å². The molecule has 30 heavy (non-hydrogen) atoms. The number of methoxy groups -OCH3 is 1. The maximum atomic E-state index is 11.9. The summed E-state index contributed by atoms with van der Waals surface area (Å²) in [7, 11) is -0.686. The lowest BCUT2D eigenvalue weighted by atomic mass is 10.4. The van der Waals surface area contributed by atoms with Gasteiger partial charge in [0.2, 0.25) is 5.76 Å². The molecule has 4 rings (SSSR count). The van der Waals surface area contributed by atoms with Crippen molar-refractivity contribution in [3.63, 3.8) is 0 Å². The van der Waals surface area contributed by atoms with Gasteiger partial charge in [0.25, 0.3) is 0 Å². The van der Waals surface area contributed by atoms with E-state index in [2.05, 4.69) is 72.8 Å². The molecule has 0 saturated heterocycles. The lowest BCUT2D eigenvalue weighted by molar-refractivity contribution is -0.0000202. The van der Waals surface area contributed by atoms with E-state index >= 15 is 0 Å². The number of carbonyl (C=O) groups is 1. The average molecular weight is 437 g/mol. The molecule has 152 valence electrons. The molecule has 0 spiro atoms. The van der Waals surface area contributed by atoms with Crippen molar-refractivity contribution in [2.75, 3.05) is 7.11 Å². The van der Waals surface area contributed by atoms with Gasteiger partial charge in [-0.25, -0.2) is 4.79 Å². The van der Waals surface area contributed by atoms with Gasteiger partial charge in [-0.15, -0.1) is 0 Å². The van der Waals surface area contributed by atoms with Crippen LogP contribution in [0.2, 0.25) is 0 Å². The standard InChI is InChI=1S/C25H22O3P.ClH/c1-27-25(26)24-18-17-20(28-24)19-29(21-11-5-2-6-12-21,22-13-7-3-8-14-22)23-15-9-4-10-16-23;/h2-18H,19H2,1H3;1H/q+1;/p-1. The molecule has 0 radical (unpaired) electrons. The molecule has 0 unspecified atom stereocenters. The summed E-state index contributed by atoms with van der Waals surface area (Å²) in [6, 6.07) is 35.3. The zero-order valence-corrected chi connectivity index (χ0v) is 18.2. The van der Waals surface area contributed by atoms with Crippen LogP contribution in [0, 0.1) is 0 Å². The van der Waals surface area contributed by atoms with Gasteiger partial charge in [-0.3, -0.25) is 0 Å². The third-order valence-corrected chi connectivity index (χ3v) is 9.36. The van der Waals surface area contributed by atoms with Crippen LogP contribution in [-0.4, -0.2) is 13.1 Å². The number of ether oxygens (including phenoxy) is 1.